The van der Waals surface area contributed by atoms with E-state index in [1.165, 1.54) is 0 Å². The Hall–Kier alpha value is -1.71. The van der Waals surface area contributed by atoms with Gasteiger partial charge in [0.1, 0.15) is 0 Å². The summed E-state index contributed by atoms with van der Waals surface area (Å²) in [5.41, 5.74) is 4.83. The quantitative estimate of drug-likeness (QED) is 0.737. The lowest BCUT2D eigenvalue weighted by molar-refractivity contribution is 0.266. The molecule has 2 aromatic rings. The van der Waals surface area contributed by atoms with E-state index in [2.05, 4.69) is 10.3 Å². The number of nitrogens with one attached hydrogen (secondary N) is 2. The molecule has 0 aliphatic carbocycles. The molecule has 2 heterocycles. The Labute approximate surface area is 110 Å². The molecule has 1 aliphatic rings. The van der Waals surface area contributed by atoms with E-state index in [-0.39, 0.29) is 0 Å². The van der Waals surface area contributed by atoms with Crippen molar-refractivity contribution in [2.45, 2.75) is 13.2 Å². The van der Waals surface area contributed by atoms with Gasteiger partial charge in [-0.25, -0.2) is 0 Å². The average molecular weight is 261 g/mol. The molecule has 3 nitrogen and oxygen atoms in total. The molecule has 0 radical (unpaired) electrons. The van der Waals surface area contributed by atoms with Crippen LogP contribution in [0.1, 0.15) is 16.8 Å². The van der Waals surface area contributed by atoms with E-state index in [0.29, 0.717) is 5.02 Å². The van der Waals surface area contributed by atoms with Gasteiger partial charge in [0.25, 0.3) is 0 Å². The van der Waals surface area contributed by atoms with Gasteiger partial charge < -0.3 is 15.4 Å². The summed E-state index contributed by atoms with van der Waals surface area (Å²) in [5, 5.41) is 13.7. The Kier molecular flexibility index (Phi) is 2.65. The third-order valence-electron chi connectivity index (χ3n) is 3.18. The molecular weight excluding hydrogens is 248 g/mol. The lowest BCUT2D eigenvalue weighted by Gasteiger charge is -2.05. The molecule has 1 aromatic heterocycles. The summed E-state index contributed by atoms with van der Waals surface area (Å²) in [6.07, 6.45) is 3.14. The molecule has 0 spiro atoms. The van der Waals surface area contributed by atoms with E-state index in [1.54, 1.807) is 0 Å². The Bertz CT molecular complexity index is 630. The zero-order chi connectivity index (χ0) is 12.7. The molecule has 0 saturated carbocycles. The summed E-state index contributed by atoms with van der Waals surface area (Å²) in [7, 11) is 0. The fraction of sp³-hybridized carbons (Fsp3) is 0.143. The first-order valence-electron chi connectivity index (χ1n) is 5.75. The van der Waals surface area contributed by atoms with Crippen LogP contribution < -0.4 is 5.32 Å². The van der Waals surface area contributed by atoms with E-state index in [1.807, 2.05) is 43.5 Å². The molecule has 0 fully saturated rings. The van der Waals surface area contributed by atoms with Crippen molar-refractivity contribution in [3.8, 4) is 0 Å². The topological polar surface area (TPSA) is 48.0 Å². The average Bonchev–Trinajstić information content (AvgIpc) is 2.86. The van der Waals surface area contributed by atoms with Gasteiger partial charge in [-0.1, -0.05) is 11.6 Å². The first-order valence-corrected chi connectivity index (χ1v) is 6.13. The number of aliphatic hydroxyl groups excluding tert-OH is 1. The predicted molar refractivity (Wildman–Crippen MR) is 74.5 cm³/mol. The van der Waals surface area contributed by atoms with Gasteiger partial charge in [-0.15, -0.1) is 0 Å². The number of aryl methyl sites for hydroxylation is 1. The molecule has 4 heteroatoms. The monoisotopic (exact) mass is 260 g/mol. The third-order valence-corrected chi connectivity index (χ3v) is 3.41. The number of hydrogen-bond acceptors (Lipinski definition) is 2. The van der Waals surface area contributed by atoms with Crippen LogP contribution in [0.2, 0.25) is 5.02 Å². The van der Waals surface area contributed by atoms with E-state index < -0.39 is 6.23 Å². The summed E-state index contributed by atoms with van der Waals surface area (Å²) in [6.45, 7) is 2.02. The molecule has 1 aliphatic heterocycles. The number of benzene rings is 1. The number of hydrogen-bond donors (Lipinski definition) is 3. The Balaban J connectivity index is 2.11. The minimum Gasteiger partial charge on any atom is -0.369 e. The summed E-state index contributed by atoms with van der Waals surface area (Å²) in [5.74, 6) is 0. The van der Waals surface area contributed by atoms with E-state index in [9.17, 15) is 5.11 Å². The number of aliphatic hydroxyl groups is 1. The molecule has 0 bridgehead atoms. The number of anilines is 1. The van der Waals surface area contributed by atoms with Crippen LogP contribution in [0, 0.1) is 6.92 Å². The molecule has 1 atom stereocenters. The molecule has 3 rings (SSSR count). The number of aromatic amines is 1. The Morgan fingerprint density at radius 2 is 2.17 bits per heavy atom. The van der Waals surface area contributed by atoms with Crippen molar-refractivity contribution in [1.82, 2.24) is 4.98 Å². The lowest BCUT2D eigenvalue weighted by atomic mass is 10.0. The van der Waals surface area contributed by atoms with Crippen LogP contribution in [-0.2, 0) is 0 Å². The van der Waals surface area contributed by atoms with E-state index in [4.69, 9.17) is 11.6 Å². The SMILES string of the molecule is Cc1cc[nH]c1/C=C1/c2cc(Cl)ccc2NC1O. The van der Waals surface area contributed by atoms with Crippen molar-refractivity contribution in [3.05, 3.63) is 52.3 Å². The fourth-order valence-electron chi connectivity index (χ4n) is 2.18. The summed E-state index contributed by atoms with van der Waals surface area (Å²) in [4.78, 5) is 3.15. The highest BCUT2D eigenvalue weighted by molar-refractivity contribution is 6.31. The van der Waals surface area contributed by atoms with Crippen molar-refractivity contribution in [3.63, 3.8) is 0 Å². The van der Waals surface area contributed by atoms with Crippen LogP contribution in [0.25, 0.3) is 11.6 Å². The van der Waals surface area contributed by atoms with Gasteiger partial charge in [-0.3, -0.25) is 0 Å². The zero-order valence-electron chi connectivity index (χ0n) is 9.87. The van der Waals surface area contributed by atoms with Crippen LogP contribution in [0.5, 0.6) is 0 Å². The normalized spacial score (nSPS) is 19.9. The van der Waals surface area contributed by atoms with Gasteiger partial charge >= 0.3 is 0 Å². The van der Waals surface area contributed by atoms with Crippen molar-refractivity contribution in [1.29, 1.82) is 0 Å². The van der Waals surface area contributed by atoms with Crippen LogP contribution in [-0.4, -0.2) is 16.3 Å². The number of halogens is 1. The minimum atomic E-state index is -0.693. The van der Waals surface area contributed by atoms with Gasteiger partial charge in [0.05, 0.1) is 0 Å². The molecular formula is C14H13ClN2O. The minimum absolute atomic E-state index is 0.666. The van der Waals surface area contributed by atoms with Crippen LogP contribution in [0.15, 0.2) is 30.5 Å². The molecule has 18 heavy (non-hydrogen) atoms. The predicted octanol–water partition coefficient (Wildman–Crippen LogP) is 3.26. The second-order valence-electron chi connectivity index (χ2n) is 4.41. The molecule has 1 aromatic carbocycles. The third kappa shape index (κ3) is 1.82. The zero-order valence-corrected chi connectivity index (χ0v) is 10.6. The highest BCUT2D eigenvalue weighted by atomic mass is 35.5. The highest BCUT2D eigenvalue weighted by Gasteiger charge is 2.24. The summed E-state index contributed by atoms with van der Waals surface area (Å²) < 4.78 is 0. The largest absolute Gasteiger partial charge is 0.369 e. The van der Waals surface area contributed by atoms with Crippen molar-refractivity contribution < 1.29 is 5.11 Å². The molecule has 92 valence electrons. The maximum Gasteiger partial charge on any atom is 0.151 e. The maximum absolute atomic E-state index is 10.1. The van der Waals surface area contributed by atoms with Gasteiger partial charge in [-0.2, -0.15) is 0 Å². The number of aromatic nitrogens is 1. The van der Waals surface area contributed by atoms with Crippen molar-refractivity contribution in [2.75, 3.05) is 5.32 Å². The number of fused-ring (bicyclic) bond motifs is 1. The Morgan fingerprint density at radius 3 is 2.89 bits per heavy atom. The number of H-pyrrole nitrogens is 1. The summed E-state index contributed by atoms with van der Waals surface area (Å²) in [6, 6.07) is 7.55. The van der Waals surface area contributed by atoms with Crippen LogP contribution in [0.4, 0.5) is 5.69 Å². The van der Waals surface area contributed by atoms with Gasteiger partial charge in [-0.05, 0) is 42.8 Å². The molecule has 1 unspecified atom stereocenters. The second-order valence-corrected chi connectivity index (χ2v) is 4.85. The van der Waals surface area contributed by atoms with Gasteiger partial charge in [0.2, 0.25) is 0 Å². The molecule has 0 amide bonds. The van der Waals surface area contributed by atoms with Gasteiger partial charge in [0.15, 0.2) is 6.23 Å². The number of rotatable bonds is 1. The van der Waals surface area contributed by atoms with Crippen LogP contribution in [0.3, 0.4) is 0 Å². The second kappa shape index (κ2) is 4.19. The molecule has 0 saturated heterocycles. The van der Waals surface area contributed by atoms with Crippen molar-refractivity contribution in [2.24, 2.45) is 0 Å². The lowest BCUT2D eigenvalue weighted by Crippen LogP contribution is -2.12. The first-order chi connectivity index (χ1) is 8.65. The highest BCUT2D eigenvalue weighted by Crippen LogP contribution is 2.37. The van der Waals surface area contributed by atoms with E-state index in [0.717, 1.165) is 28.1 Å². The van der Waals surface area contributed by atoms with Crippen LogP contribution >= 0.6 is 11.6 Å². The van der Waals surface area contributed by atoms with E-state index >= 15 is 0 Å². The maximum atomic E-state index is 10.1. The van der Waals surface area contributed by atoms with Gasteiger partial charge in [0, 0.05) is 33.7 Å². The molecule has 3 N–H and O–H groups in total. The van der Waals surface area contributed by atoms with Crippen molar-refractivity contribution >= 4 is 28.9 Å². The smallest absolute Gasteiger partial charge is 0.151 e. The fourth-order valence-corrected chi connectivity index (χ4v) is 2.35. The Morgan fingerprint density at radius 1 is 1.33 bits per heavy atom. The first kappa shape index (κ1) is 11.4. The summed E-state index contributed by atoms with van der Waals surface area (Å²) >= 11 is 6.01. The standard InChI is InChI=1S/C14H13ClN2O/c1-8-4-5-16-13(8)7-11-10-6-9(15)2-3-12(10)17-14(11)18/h2-7,14,16-18H,1H3/b11-7-.